The van der Waals surface area contributed by atoms with Crippen molar-refractivity contribution in [3.05, 3.63) is 18.3 Å². The maximum absolute atomic E-state index is 12.2. The van der Waals surface area contributed by atoms with E-state index in [1.54, 1.807) is 26.2 Å². The van der Waals surface area contributed by atoms with Crippen molar-refractivity contribution in [1.82, 2.24) is 9.29 Å². The Morgan fingerprint density at radius 1 is 1.33 bits per heavy atom. The summed E-state index contributed by atoms with van der Waals surface area (Å²) >= 11 is 0. The van der Waals surface area contributed by atoms with E-state index in [9.17, 15) is 8.42 Å². The van der Waals surface area contributed by atoms with E-state index in [1.165, 1.54) is 10.5 Å². The molecule has 1 N–H and O–H groups in total. The van der Waals surface area contributed by atoms with E-state index in [-0.39, 0.29) is 4.90 Å². The van der Waals surface area contributed by atoms with Crippen LogP contribution in [0.4, 0.5) is 5.82 Å². The van der Waals surface area contributed by atoms with E-state index < -0.39 is 10.0 Å². The number of hydrogen-bond acceptors (Lipinski definition) is 4. The van der Waals surface area contributed by atoms with Crippen LogP contribution in [-0.4, -0.2) is 38.3 Å². The van der Waals surface area contributed by atoms with Crippen LogP contribution in [0.25, 0.3) is 0 Å². The molecule has 5 nitrogen and oxygen atoms in total. The average Bonchev–Trinajstić information content (AvgIpc) is 2.39. The van der Waals surface area contributed by atoms with Crippen molar-refractivity contribution in [3.8, 4) is 0 Å². The molecular formula is C12H21N3O2S. The molecule has 0 aliphatic rings. The first-order valence-corrected chi connectivity index (χ1v) is 7.56. The smallest absolute Gasteiger partial charge is 0.244 e. The van der Waals surface area contributed by atoms with Gasteiger partial charge < -0.3 is 5.32 Å². The van der Waals surface area contributed by atoms with E-state index in [0.717, 1.165) is 19.3 Å². The summed E-state index contributed by atoms with van der Waals surface area (Å²) in [4.78, 5) is 4.26. The fourth-order valence-corrected chi connectivity index (χ4v) is 2.72. The molecule has 0 unspecified atom stereocenters. The van der Waals surface area contributed by atoms with E-state index >= 15 is 0 Å². The minimum Gasteiger partial charge on any atom is -0.373 e. The minimum atomic E-state index is -3.40. The lowest BCUT2D eigenvalue weighted by Gasteiger charge is -2.16. The maximum atomic E-state index is 12.2. The monoisotopic (exact) mass is 271 g/mol. The Kier molecular flexibility index (Phi) is 5.55. The molecule has 0 aromatic carbocycles. The fraction of sp³-hybridized carbons (Fsp3) is 0.583. The Morgan fingerprint density at radius 2 is 2.06 bits per heavy atom. The molecule has 0 fully saturated rings. The number of hydrogen-bond donors (Lipinski definition) is 1. The Bertz CT molecular complexity index is 457. The Hall–Kier alpha value is -1.14. The predicted molar refractivity (Wildman–Crippen MR) is 73.1 cm³/mol. The number of nitrogens with zero attached hydrogens (tertiary/aromatic N) is 2. The van der Waals surface area contributed by atoms with Crippen LogP contribution >= 0.6 is 0 Å². The van der Waals surface area contributed by atoms with Gasteiger partial charge in [0.15, 0.2) is 0 Å². The number of sulfonamides is 1. The summed E-state index contributed by atoms with van der Waals surface area (Å²) in [6.45, 7) is 2.64. The number of rotatable bonds is 7. The lowest BCUT2D eigenvalue weighted by Crippen LogP contribution is -2.28. The van der Waals surface area contributed by atoms with Crippen molar-refractivity contribution < 1.29 is 8.42 Å². The first kappa shape index (κ1) is 14.9. The standard InChI is InChI=1S/C12H21N3O2S/c1-4-5-6-9-15(3)18(16,17)11-7-8-12(13-2)14-10-11/h7-8,10H,4-6,9H2,1-3H3,(H,13,14). The van der Waals surface area contributed by atoms with Crippen LogP contribution in [0.1, 0.15) is 26.2 Å². The molecule has 0 atom stereocenters. The van der Waals surface area contributed by atoms with Crippen LogP contribution in [0.2, 0.25) is 0 Å². The summed E-state index contributed by atoms with van der Waals surface area (Å²) in [7, 11) is -0.0498. The second-order valence-electron chi connectivity index (χ2n) is 4.16. The molecule has 1 rings (SSSR count). The fourth-order valence-electron chi connectivity index (χ4n) is 1.57. The zero-order valence-electron chi connectivity index (χ0n) is 11.2. The molecule has 0 aliphatic carbocycles. The summed E-state index contributed by atoms with van der Waals surface area (Å²) in [5.74, 6) is 0.655. The molecule has 102 valence electrons. The van der Waals surface area contributed by atoms with Crippen LogP contribution in [0, 0.1) is 0 Å². The molecule has 0 saturated heterocycles. The lowest BCUT2D eigenvalue weighted by molar-refractivity contribution is 0.454. The van der Waals surface area contributed by atoms with Gasteiger partial charge in [-0.1, -0.05) is 19.8 Å². The summed E-state index contributed by atoms with van der Waals surface area (Å²) in [5.41, 5.74) is 0. The zero-order valence-corrected chi connectivity index (χ0v) is 12.0. The largest absolute Gasteiger partial charge is 0.373 e. The highest BCUT2D eigenvalue weighted by atomic mass is 32.2. The molecule has 1 aromatic heterocycles. The Labute approximate surface area is 109 Å². The topological polar surface area (TPSA) is 62.3 Å². The SMILES string of the molecule is CCCCCN(C)S(=O)(=O)c1ccc(NC)nc1. The highest BCUT2D eigenvalue weighted by Gasteiger charge is 2.20. The maximum Gasteiger partial charge on any atom is 0.244 e. The van der Waals surface area contributed by atoms with E-state index in [2.05, 4.69) is 17.2 Å². The van der Waals surface area contributed by atoms with Crippen LogP contribution < -0.4 is 5.32 Å². The van der Waals surface area contributed by atoms with Gasteiger partial charge in [-0.15, -0.1) is 0 Å². The van der Waals surface area contributed by atoms with Gasteiger partial charge in [0, 0.05) is 26.8 Å². The number of anilines is 1. The van der Waals surface area contributed by atoms with E-state index in [0.29, 0.717) is 12.4 Å². The predicted octanol–water partition coefficient (Wildman–Crippen LogP) is 1.93. The average molecular weight is 271 g/mol. The third-order valence-corrected chi connectivity index (χ3v) is 4.62. The van der Waals surface area contributed by atoms with Gasteiger partial charge in [0.05, 0.1) is 0 Å². The molecule has 0 bridgehead atoms. The summed E-state index contributed by atoms with van der Waals surface area (Å²) in [5, 5.41) is 2.86. The lowest BCUT2D eigenvalue weighted by atomic mass is 10.2. The number of aromatic nitrogens is 1. The molecule has 0 spiro atoms. The van der Waals surface area contributed by atoms with Crippen molar-refractivity contribution in [3.63, 3.8) is 0 Å². The third kappa shape index (κ3) is 3.68. The van der Waals surface area contributed by atoms with Crippen LogP contribution in [0.5, 0.6) is 0 Å². The quantitative estimate of drug-likeness (QED) is 0.770. The van der Waals surface area contributed by atoms with Gasteiger partial charge in [-0.2, -0.15) is 0 Å². The van der Waals surface area contributed by atoms with Gasteiger partial charge in [0.1, 0.15) is 10.7 Å². The summed E-state index contributed by atoms with van der Waals surface area (Å²) < 4.78 is 25.8. The van der Waals surface area contributed by atoms with Gasteiger partial charge >= 0.3 is 0 Å². The van der Waals surface area contributed by atoms with E-state index in [4.69, 9.17) is 0 Å². The molecule has 6 heteroatoms. The van der Waals surface area contributed by atoms with Gasteiger partial charge in [0.25, 0.3) is 0 Å². The van der Waals surface area contributed by atoms with Crippen molar-refractivity contribution >= 4 is 15.8 Å². The normalized spacial score (nSPS) is 11.8. The molecule has 0 radical (unpaired) electrons. The van der Waals surface area contributed by atoms with Gasteiger partial charge in [-0.05, 0) is 18.6 Å². The number of nitrogens with one attached hydrogen (secondary N) is 1. The van der Waals surface area contributed by atoms with Crippen LogP contribution in [0.15, 0.2) is 23.2 Å². The van der Waals surface area contributed by atoms with Crippen molar-refractivity contribution in [2.24, 2.45) is 0 Å². The first-order chi connectivity index (χ1) is 8.52. The summed E-state index contributed by atoms with van der Waals surface area (Å²) in [6.07, 6.45) is 4.38. The van der Waals surface area contributed by atoms with Crippen molar-refractivity contribution in [2.45, 2.75) is 31.1 Å². The van der Waals surface area contributed by atoms with Gasteiger partial charge in [-0.3, -0.25) is 0 Å². The van der Waals surface area contributed by atoms with E-state index in [1.807, 2.05) is 0 Å². The minimum absolute atomic E-state index is 0.237. The molecule has 1 aromatic rings. The second kappa shape index (κ2) is 6.70. The van der Waals surface area contributed by atoms with Crippen molar-refractivity contribution in [2.75, 3.05) is 26.0 Å². The van der Waals surface area contributed by atoms with Gasteiger partial charge in [-0.25, -0.2) is 17.7 Å². The second-order valence-corrected chi connectivity index (χ2v) is 6.21. The molecule has 0 aliphatic heterocycles. The Balaban J connectivity index is 2.77. The highest BCUT2D eigenvalue weighted by Crippen LogP contribution is 2.15. The number of unbranched alkanes of at least 4 members (excludes halogenated alkanes) is 2. The molecule has 0 amide bonds. The zero-order chi connectivity index (χ0) is 13.6. The first-order valence-electron chi connectivity index (χ1n) is 6.12. The Morgan fingerprint density at radius 3 is 2.56 bits per heavy atom. The van der Waals surface area contributed by atoms with Crippen molar-refractivity contribution in [1.29, 1.82) is 0 Å². The van der Waals surface area contributed by atoms with Crippen LogP contribution in [0.3, 0.4) is 0 Å². The molecule has 18 heavy (non-hydrogen) atoms. The molecular weight excluding hydrogens is 250 g/mol. The summed E-state index contributed by atoms with van der Waals surface area (Å²) in [6, 6.07) is 3.23. The third-order valence-electron chi connectivity index (χ3n) is 2.78. The highest BCUT2D eigenvalue weighted by molar-refractivity contribution is 7.89. The van der Waals surface area contributed by atoms with Crippen LogP contribution in [-0.2, 0) is 10.0 Å². The number of pyridine rings is 1. The molecule has 0 saturated carbocycles. The van der Waals surface area contributed by atoms with Gasteiger partial charge in [0.2, 0.25) is 10.0 Å². The molecule has 1 heterocycles.